The minimum Gasteiger partial charge on any atom is -0.279 e. The van der Waals surface area contributed by atoms with Crippen LogP contribution in [0.15, 0.2) is 35.3 Å². The molecule has 2 rings (SSSR count). The van der Waals surface area contributed by atoms with Gasteiger partial charge in [-0.1, -0.05) is 19.1 Å². The zero-order valence-electron chi connectivity index (χ0n) is 9.86. The fourth-order valence-electron chi connectivity index (χ4n) is 1.67. The number of aromatic nitrogens is 2. The van der Waals surface area contributed by atoms with Crippen LogP contribution in [0, 0.1) is 5.82 Å². The molecular formula is C13H12ClFN2O. The first-order valence-electron chi connectivity index (χ1n) is 5.60. The van der Waals surface area contributed by atoms with E-state index in [2.05, 4.69) is 4.98 Å². The lowest BCUT2D eigenvalue weighted by Crippen LogP contribution is -2.25. The predicted molar refractivity (Wildman–Crippen MR) is 68.4 cm³/mol. The second-order valence-corrected chi connectivity index (χ2v) is 4.26. The van der Waals surface area contributed by atoms with E-state index in [4.69, 9.17) is 11.6 Å². The van der Waals surface area contributed by atoms with E-state index in [1.54, 1.807) is 12.1 Å². The molecular weight excluding hydrogens is 255 g/mol. The van der Waals surface area contributed by atoms with Crippen LogP contribution >= 0.6 is 11.6 Å². The molecule has 1 aromatic carbocycles. The van der Waals surface area contributed by atoms with E-state index in [9.17, 15) is 9.18 Å². The van der Waals surface area contributed by atoms with Gasteiger partial charge in [0.1, 0.15) is 5.82 Å². The minimum absolute atomic E-state index is 0.140. The lowest BCUT2D eigenvalue weighted by Gasteiger charge is -2.09. The molecule has 1 heterocycles. The molecule has 0 atom stereocenters. The molecule has 0 spiro atoms. The summed E-state index contributed by atoms with van der Waals surface area (Å²) in [5.74, 6) is -0.308. The van der Waals surface area contributed by atoms with Gasteiger partial charge in [-0.15, -0.1) is 0 Å². The van der Waals surface area contributed by atoms with Crippen molar-refractivity contribution in [3.05, 3.63) is 63.0 Å². The zero-order chi connectivity index (χ0) is 13.1. The molecule has 0 aliphatic carbocycles. The van der Waals surface area contributed by atoms with E-state index >= 15 is 0 Å². The molecule has 0 unspecified atom stereocenters. The van der Waals surface area contributed by atoms with Crippen LogP contribution in [-0.2, 0) is 13.0 Å². The summed E-state index contributed by atoms with van der Waals surface area (Å²) in [4.78, 5) is 16.0. The molecule has 0 fully saturated rings. The van der Waals surface area contributed by atoms with Crippen molar-refractivity contribution in [1.82, 2.24) is 9.55 Å². The standard InChI is InChI=1S/C13H12ClFN2O/c1-2-10-7-16-13(14)17(12(10)18)8-9-3-5-11(15)6-4-9/h3-7H,2,8H2,1H3. The van der Waals surface area contributed by atoms with Crippen molar-refractivity contribution in [3.8, 4) is 0 Å². The van der Waals surface area contributed by atoms with Crippen LogP contribution in [0.2, 0.25) is 5.28 Å². The van der Waals surface area contributed by atoms with Gasteiger partial charge < -0.3 is 0 Å². The van der Waals surface area contributed by atoms with Crippen LogP contribution in [-0.4, -0.2) is 9.55 Å². The highest BCUT2D eigenvalue weighted by molar-refractivity contribution is 6.28. The Balaban J connectivity index is 2.39. The lowest BCUT2D eigenvalue weighted by molar-refractivity contribution is 0.625. The van der Waals surface area contributed by atoms with E-state index in [0.29, 0.717) is 18.5 Å². The third-order valence-corrected chi connectivity index (χ3v) is 3.01. The van der Waals surface area contributed by atoms with Crippen LogP contribution in [0.25, 0.3) is 0 Å². The Morgan fingerprint density at radius 1 is 1.33 bits per heavy atom. The number of aryl methyl sites for hydroxylation is 1. The highest BCUT2D eigenvalue weighted by Gasteiger charge is 2.08. The average molecular weight is 267 g/mol. The second kappa shape index (κ2) is 5.31. The number of hydrogen-bond acceptors (Lipinski definition) is 2. The molecule has 0 saturated heterocycles. The first-order valence-corrected chi connectivity index (χ1v) is 5.98. The van der Waals surface area contributed by atoms with E-state index < -0.39 is 0 Å². The smallest absolute Gasteiger partial charge is 0.257 e. The number of rotatable bonds is 3. The third-order valence-electron chi connectivity index (χ3n) is 2.70. The van der Waals surface area contributed by atoms with Crippen molar-refractivity contribution in [2.24, 2.45) is 0 Å². The van der Waals surface area contributed by atoms with Crippen molar-refractivity contribution in [3.63, 3.8) is 0 Å². The summed E-state index contributed by atoms with van der Waals surface area (Å²) in [5, 5.41) is 0.140. The van der Waals surface area contributed by atoms with Crippen molar-refractivity contribution < 1.29 is 4.39 Å². The van der Waals surface area contributed by atoms with Crippen molar-refractivity contribution in [1.29, 1.82) is 0 Å². The normalized spacial score (nSPS) is 10.6. The molecule has 0 aliphatic rings. The Labute approximate surface area is 109 Å². The molecule has 0 bridgehead atoms. The van der Waals surface area contributed by atoms with E-state index in [0.717, 1.165) is 5.56 Å². The van der Waals surface area contributed by atoms with Gasteiger partial charge in [0.15, 0.2) is 0 Å². The Morgan fingerprint density at radius 3 is 2.61 bits per heavy atom. The molecule has 0 saturated carbocycles. The molecule has 2 aromatic rings. The van der Waals surface area contributed by atoms with Crippen LogP contribution in [0.5, 0.6) is 0 Å². The first-order chi connectivity index (χ1) is 8.61. The summed E-state index contributed by atoms with van der Waals surface area (Å²) in [6.07, 6.45) is 2.10. The van der Waals surface area contributed by atoms with Gasteiger partial charge in [-0.05, 0) is 35.7 Å². The maximum absolute atomic E-state index is 12.8. The van der Waals surface area contributed by atoms with E-state index in [1.165, 1.54) is 22.9 Å². The lowest BCUT2D eigenvalue weighted by atomic mass is 10.2. The van der Waals surface area contributed by atoms with Crippen molar-refractivity contribution >= 4 is 11.6 Å². The van der Waals surface area contributed by atoms with Crippen LogP contribution in [0.4, 0.5) is 4.39 Å². The Kier molecular flexibility index (Phi) is 3.77. The Hall–Kier alpha value is -1.68. The molecule has 0 aliphatic heterocycles. The summed E-state index contributed by atoms with van der Waals surface area (Å²) in [5.41, 5.74) is 1.26. The molecule has 18 heavy (non-hydrogen) atoms. The largest absolute Gasteiger partial charge is 0.279 e. The van der Waals surface area contributed by atoms with Crippen LogP contribution < -0.4 is 5.56 Å². The van der Waals surface area contributed by atoms with Gasteiger partial charge in [0, 0.05) is 11.8 Å². The summed E-state index contributed by atoms with van der Waals surface area (Å²) in [7, 11) is 0. The monoisotopic (exact) mass is 266 g/mol. The summed E-state index contributed by atoms with van der Waals surface area (Å²) in [6, 6.07) is 5.95. The van der Waals surface area contributed by atoms with Gasteiger partial charge in [-0.25, -0.2) is 9.37 Å². The first kappa shape index (κ1) is 12.8. The molecule has 3 nitrogen and oxygen atoms in total. The highest BCUT2D eigenvalue weighted by Crippen LogP contribution is 2.08. The summed E-state index contributed by atoms with van der Waals surface area (Å²) < 4.78 is 14.2. The maximum atomic E-state index is 12.8. The van der Waals surface area contributed by atoms with Gasteiger partial charge in [0.2, 0.25) is 5.28 Å². The number of hydrogen-bond donors (Lipinski definition) is 0. The second-order valence-electron chi connectivity index (χ2n) is 3.92. The van der Waals surface area contributed by atoms with Crippen LogP contribution in [0.1, 0.15) is 18.1 Å². The summed E-state index contributed by atoms with van der Waals surface area (Å²) >= 11 is 5.92. The molecule has 94 valence electrons. The molecule has 0 amide bonds. The fraction of sp³-hybridized carbons (Fsp3) is 0.231. The van der Waals surface area contributed by atoms with Crippen molar-refractivity contribution in [2.75, 3.05) is 0 Å². The Morgan fingerprint density at radius 2 is 2.00 bits per heavy atom. The van der Waals surface area contributed by atoms with Crippen LogP contribution in [0.3, 0.4) is 0 Å². The topological polar surface area (TPSA) is 34.9 Å². The average Bonchev–Trinajstić information content (AvgIpc) is 2.37. The SMILES string of the molecule is CCc1cnc(Cl)n(Cc2ccc(F)cc2)c1=O. The minimum atomic E-state index is -0.308. The van der Waals surface area contributed by atoms with Gasteiger partial charge in [0.05, 0.1) is 6.54 Å². The molecule has 0 N–H and O–H groups in total. The van der Waals surface area contributed by atoms with Crippen molar-refractivity contribution in [2.45, 2.75) is 19.9 Å². The maximum Gasteiger partial charge on any atom is 0.257 e. The summed E-state index contributed by atoms with van der Waals surface area (Å²) in [6.45, 7) is 2.17. The predicted octanol–water partition coefficient (Wildman–Crippen LogP) is 2.65. The number of halogens is 2. The van der Waals surface area contributed by atoms with Gasteiger partial charge in [0.25, 0.3) is 5.56 Å². The third kappa shape index (κ3) is 2.59. The molecule has 0 radical (unpaired) electrons. The molecule has 1 aromatic heterocycles. The van der Waals surface area contributed by atoms with E-state index in [-0.39, 0.29) is 16.7 Å². The Bertz CT molecular complexity index is 607. The zero-order valence-corrected chi connectivity index (χ0v) is 10.6. The van der Waals surface area contributed by atoms with Gasteiger partial charge >= 0.3 is 0 Å². The number of nitrogens with zero attached hydrogens (tertiary/aromatic N) is 2. The van der Waals surface area contributed by atoms with E-state index in [1.807, 2.05) is 6.92 Å². The van der Waals surface area contributed by atoms with Gasteiger partial charge in [-0.2, -0.15) is 0 Å². The fourth-order valence-corrected chi connectivity index (χ4v) is 1.85. The molecule has 5 heteroatoms. The quantitative estimate of drug-likeness (QED) is 0.801. The van der Waals surface area contributed by atoms with Gasteiger partial charge in [-0.3, -0.25) is 9.36 Å². The highest BCUT2D eigenvalue weighted by atomic mass is 35.5. The number of benzene rings is 1.